The molecule has 0 spiro atoms. The SMILES string of the molecule is CCCCCCCCCCCCCCCCCCC(CCCCCCCCCCCCCCCCCC)C([O-])(CCCCCCCCCCCCCCCCCC)CCCCCCCCCCCCCCCCCC.[NH4+]. The largest absolute Gasteiger partial charge is 0.849 e. The summed E-state index contributed by atoms with van der Waals surface area (Å²) in [6.45, 7) is 9.29. The van der Waals surface area contributed by atoms with Gasteiger partial charge < -0.3 is 11.3 Å². The predicted octanol–water partition coefficient (Wildman–Crippen LogP) is 27.7. The number of unbranched alkanes of at least 4 members (excludes halogenated alkanes) is 60. The van der Waals surface area contributed by atoms with Gasteiger partial charge in [0.15, 0.2) is 0 Å². The first kappa shape index (κ1) is 78.0. The summed E-state index contributed by atoms with van der Waals surface area (Å²) in [5.74, 6) is 0.406. The Morgan fingerprint density at radius 2 is 0.303 bits per heavy atom. The van der Waals surface area contributed by atoms with Gasteiger partial charge in [-0.15, -0.1) is 5.60 Å². The Morgan fingerprint density at radius 1 is 0.184 bits per heavy atom. The van der Waals surface area contributed by atoms with E-state index in [1.54, 1.807) is 0 Å². The third kappa shape index (κ3) is 61.5. The zero-order valence-electron chi connectivity index (χ0n) is 54.6. The van der Waals surface area contributed by atoms with E-state index in [-0.39, 0.29) is 6.15 Å². The fourth-order valence-electron chi connectivity index (χ4n) is 13.0. The normalized spacial score (nSPS) is 11.9. The van der Waals surface area contributed by atoms with Crippen LogP contribution in [0.15, 0.2) is 0 Å². The minimum Gasteiger partial charge on any atom is -0.849 e. The highest BCUT2D eigenvalue weighted by Gasteiger charge is 2.26. The van der Waals surface area contributed by atoms with Crippen LogP contribution in [0.3, 0.4) is 0 Å². The second-order valence-corrected chi connectivity index (χ2v) is 26.1. The van der Waals surface area contributed by atoms with Crippen molar-refractivity contribution in [2.45, 2.75) is 470 Å². The Kier molecular flexibility index (Phi) is 71.0. The van der Waals surface area contributed by atoms with E-state index in [2.05, 4.69) is 27.7 Å². The average Bonchev–Trinajstić information content (AvgIpc) is 3.41. The third-order valence-corrected chi connectivity index (χ3v) is 18.5. The molecule has 4 N–H and O–H groups in total. The van der Waals surface area contributed by atoms with Gasteiger partial charge in [0, 0.05) is 0 Å². The number of rotatable bonds is 69. The molecule has 0 amide bonds. The zero-order valence-corrected chi connectivity index (χ0v) is 54.6. The summed E-state index contributed by atoms with van der Waals surface area (Å²) in [6.07, 6.45) is 95.1. The zero-order chi connectivity index (χ0) is 54.2. The summed E-state index contributed by atoms with van der Waals surface area (Å²) < 4.78 is 0. The molecular formula is C74H153NO. The van der Waals surface area contributed by atoms with Crippen molar-refractivity contribution in [2.24, 2.45) is 5.92 Å². The van der Waals surface area contributed by atoms with Crippen LogP contribution in [0.25, 0.3) is 0 Å². The lowest BCUT2D eigenvalue weighted by Gasteiger charge is -2.49. The molecular weight excluding hydrogens is 919 g/mol. The summed E-state index contributed by atoms with van der Waals surface area (Å²) in [7, 11) is 0. The smallest absolute Gasteiger partial charge is 0.0511 e. The second-order valence-electron chi connectivity index (χ2n) is 26.1. The third-order valence-electron chi connectivity index (χ3n) is 18.5. The molecule has 460 valence electrons. The average molecular weight is 1070 g/mol. The first-order valence-corrected chi connectivity index (χ1v) is 36.8. The van der Waals surface area contributed by atoms with Crippen molar-refractivity contribution in [1.82, 2.24) is 6.15 Å². The fourth-order valence-corrected chi connectivity index (χ4v) is 13.0. The van der Waals surface area contributed by atoms with Crippen LogP contribution in [0.4, 0.5) is 0 Å². The molecule has 0 saturated heterocycles. The lowest BCUT2D eigenvalue weighted by atomic mass is 9.74. The van der Waals surface area contributed by atoms with Crippen molar-refractivity contribution in [1.29, 1.82) is 0 Å². The van der Waals surface area contributed by atoms with Crippen LogP contribution in [0, 0.1) is 5.92 Å². The number of hydrogen-bond donors (Lipinski definition) is 1. The van der Waals surface area contributed by atoms with Crippen LogP contribution in [-0.4, -0.2) is 5.60 Å². The first-order chi connectivity index (χ1) is 37.1. The van der Waals surface area contributed by atoms with Gasteiger partial charge >= 0.3 is 0 Å². The van der Waals surface area contributed by atoms with Crippen LogP contribution in [0.1, 0.15) is 464 Å². The Bertz CT molecular complexity index is 906. The molecule has 0 bridgehead atoms. The molecule has 0 aliphatic rings. The molecule has 0 atom stereocenters. The molecule has 0 aromatic rings. The van der Waals surface area contributed by atoms with Crippen molar-refractivity contribution < 1.29 is 5.11 Å². The molecule has 0 unspecified atom stereocenters. The summed E-state index contributed by atoms with van der Waals surface area (Å²) in [5.41, 5.74) is -0.684. The van der Waals surface area contributed by atoms with Crippen LogP contribution in [-0.2, 0) is 0 Å². The van der Waals surface area contributed by atoms with Gasteiger partial charge in [-0.2, -0.15) is 0 Å². The highest BCUT2D eigenvalue weighted by atomic mass is 16.3. The Balaban J connectivity index is 0. The quantitative estimate of drug-likeness (QED) is 0.0606. The van der Waals surface area contributed by atoms with Crippen molar-refractivity contribution in [3.05, 3.63) is 0 Å². The van der Waals surface area contributed by atoms with Crippen molar-refractivity contribution in [3.8, 4) is 0 Å². The minimum atomic E-state index is -0.684. The molecule has 76 heavy (non-hydrogen) atoms. The van der Waals surface area contributed by atoms with Gasteiger partial charge in [-0.25, -0.2) is 0 Å². The van der Waals surface area contributed by atoms with Crippen LogP contribution in [0.2, 0.25) is 0 Å². The highest BCUT2D eigenvalue weighted by molar-refractivity contribution is 4.86. The molecule has 0 aliphatic heterocycles. The molecule has 0 heterocycles. The summed E-state index contributed by atoms with van der Waals surface area (Å²) in [4.78, 5) is 0. The maximum absolute atomic E-state index is 15.5. The molecule has 0 aromatic heterocycles. The van der Waals surface area contributed by atoms with Crippen LogP contribution < -0.4 is 11.3 Å². The lowest BCUT2D eigenvalue weighted by Crippen LogP contribution is -2.50. The lowest BCUT2D eigenvalue weighted by molar-refractivity contribution is -0.498. The van der Waals surface area contributed by atoms with E-state index in [1.807, 2.05) is 0 Å². The van der Waals surface area contributed by atoms with Crippen LogP contribution >= 0.6 is 0 Å². The van der Waals surface area contributed by atoms with Crippen molar-refractivity contribution >= 4 is 0 Å². The molecule has 2 heteroatoms. The molecule has 0 aromatic carbocycles. The monoisotopic (exact) mass is 1070 g/mol. The molecule has 0 rings (SSSR count). The van der Waals surface area contributed by atoms with Gasteiger partial charge in [-0.05, 0) is 0 Å². The van der Waals surface area contributed by atoms with Gasteiger partial charge in [-0.1, -0.05) is 470 Å². The summed E-state index contributed by atoms with van der Waals surface area (Å²) in [6, 6.07) is 0. The fraction of sp³-hybridized carbons (Fsp3) is 1.00. The van der Waals surface area contributed by atoms with E-state index in [9.17, 15) is 0 Å². The summed E-state index contributed by atoms with van der Waals surface area (Å²) >= 11 is 0. The maximum Gasteiger partial charge on any atom is -0.0511 e. The molecule has 2 nitrogen and oxygen atoms in total. The van der Waals surface area contributed by atoms with E-state index in [0.29, 0.717) is 5.92 Å². The molecule has 0 aliphatic carbocycles. The number of hydrogen-bond acceptors (Lipinski definition) is 1. The van der Waals surface area contributed by atoms with Gasteiger partial charge in [0.05, 0.1) is 0 Å². The van der Waals surface area contributed by atoms with Crippen molar-refractivity contribution in [2.75, 3.05) is 0 Å². The van der Waals surface area contributed by atoms with Crippen LogP contribution in [0.5, 0.6) is 0 Å². The molecule has 0 fully saturated rings. The Labute approximate surface area is 484 Å². The first-order valence-electron chi connectivity index (χ1n) is 36.8. The Morgan fingerprint density at radius 3 is 0.447 bits per heavy atom. The van der Waals surface area contributed by atoms with E-state index >= 15 is 5.11 Å². The van der Waals surface area contributed by atoms with E-state index in [1.165, 1.54) is 424 Å². The number of quaternary nitrogens is 1. The molecule has 0 saturated carbocycles. The topological polar surface area (TPSA) is 59.6 Å². The minimum absolute atomic E-state index is 0. The van der Waals surface area contributed by atoms with Gasteiger partial charge in [0.25, 0.3) is 0 Å². The highest BCUT2D eigenvalue weighted by Crippen LogP contribution is 2.36. The van der Waals surface area contributed by atoms with E-state index in [4.69, 9.17) is 0 Å². The van der Waals surface area contributed by atoms with E-state index < -0.39 is 5.60 Å². The maximum atomic E-state index is 15.5. The standard InChI is InChI=1S/C74H149O.H3N/c1-5-9-13-17-21-25-29-33-37-41-45-49-53-57-61-65-69-73(70-66-62-58-54-50-46-42-38-34-30-26-22-18-14-10-6-2)74(75,71-67-63-59-55-51-47-43-39-35-31-27-23-19-15-11-7-3)72-68-64-60-56-52-48-44-40-36-32-28-24-20-16-12-8-4;/h73H,5-72H2,1-4H3;1H3/q-1;/p+1. The molecule has 0 radical (unpaired) electrons. The van der Waals surface area contributed by atoms with Crippen molar-refractivity contribution in [3.63, 3.8) is 0 Å². The van der Waals surface area contributed by atoms with Gasteiger partial charge in [-0.3, -0.25) is 0 Å². The van der Waals surface area contributed by atoms with Gasteiger partial charge in [0.2, 0.25) is 0 Å². The second kappa shape index (κ2) is 69.2. The summed E-state index contributed by atoms with van der Waals surface area (Å²) in [5, 5.41) is 15.5. The predicted molar refractivity (Wildman–Crippen MR) is 349 cm³/mol. The van der Waals surface area contributed by atoms with E-state index in [0.717, 1.165) is 12.8 Å². The Hall–Kier alpha value is -0.0800. The van der Waals surface area contributed by atoms with Gasteiger partial charge in [0.1, 0.15) is 0 Å².